The highest BCUT2D eigenvalue weighted by Crippen LogP contribution is 2.43. The largest absolute Gasteiger partial charge is 0.390 e. The van der Waals surface area contributed by atoms with Gasteiger partial charge in [0.2, 0.25) is 0 Å². The van der Waals surface area contributed by atoms with Gasteiger partial charge in [0.05, 0.1) is 5.60 Å². The first-order valence-electron chi connectivity index (χ1n) is 5.03. The minimum atomic E-state index is -0.558. The van der Waals surface area contributed by atoms with Gasteiger partial charge in [0.1, 0.15) is 0 Å². The molecule has 1 saturated carbocycles. The summed E-state index contributed by atoms with van der Waals surface area (Å²) >= 11 is 0. The fraction of sp³-hybridized carbons (Fsp3) is 0.385. The summed E-state index contributed by atoms with van der Waals surface area (Å²) in [6.07, 6.45) is 1.53. The second-order valence-electron chi connectivity index (χ2n) is 4.50. The molecule has 1 fully saturated rings. The van der Waals surface area contributed by atoms with Gasteiger partial charge in [-0.3, -0.25) is 0 Å². The second-order valence-corrected chi connectivity index (χ2v) is 4.50. The van der Waals surface area contributed by atoms with E-state index in [1.165, 1.54) is 5.56 Å². The molecule has 0 bridgehead atoms. The molecule has 14 heavy (non-hydrogen) atoms. The summed E-state index contributed by atoms with van der Waals surface area (Å²) in [5.74, 6) is 0.339. The molecule has 2 rings (SSSR count). The van der Waals surface area contributed by atoms with Crippen LogP contribution in [0.3, 0.4) is 0 Å². The molecule has 1 aliphatic rings. The Morgan fingerprint density at radius 1 is 1.36 bits per heavy atom. The van der Waals surface area contributed by atoms with E-state index in [1.54, 1.807) is 0 Å². The highest BCUT2D eigenvalue weighted by molar-refractivity contribution is 5.32. The molecule has 0 amide bonds. The Morgan fingerprint density at radius 2 is 2.00 bits per heavy atom. The molecule has 0 aliphatic heterocycles. The van der Waals surface area contributed by atoms with Gasteiger partial charge >= 0.3 is 0 Å². The van der Waals surface area contributed by atoms with Crippen molar-refractivity contribution in [3.05, 3.63) is 48.0 Å². The van der Waals surface area contributed by atoms with Crippen LogP contribution in [0, 0.1) is 0 Å². The summed E-state index contributed by atoms with van der Waals surface area (Å²) < 4.78 is 0. The Bertz CT molecular complexity index is 338. The zero-order valence-corrected chi connectivity index (χ0v) is 8.53. The van der Waals surface area contributed by atoms with Crippen molar-refractivity contribution in [2.75, 3.05) is 0 Å². The minimum Gasteiger partial charge on any atom is -0.390 e. The van der Waals surface area contributed by atoms with Gasteiger partial charge in [-0.1, -0.05) is 42.5 Å². The van der Waals surface area contributed by atoms with Crippen LogP contribution < -0.4 is 0 Å². The minimum absolute atomic E-state index is 0.339. The molecular weight excluding hydrogens is 172 g/mol. The van der Waals surface area contributed by atoms with Gasteiger partial charge in [0.25, 0.3) is 0 Å². The van der Waals surface area contributed by atoms with Crippen molar-refractivity contribution in [1.82, 2.24) is 0 Å². The van der Waals surface area contributed by atoms with Crippen molar-refractivity contribution in [2.45, 2.75) is 31.3 Å². The summed E-state index contributed by atoms with van der Waals surface area (Å²) in [5.41, 5.74) is 1.87. The Hall–Kier alpha value is -1.08. The Morgan fingerprint density at radius 3 is 2.50 bits per heavy atom. The Balaban J connectivity index is 2.26. The quantitative estimate of drug-likeness (QED) is 0.672. The van der Waals surface area contributed by atoms with E-state index in [9.17, 15) is 5.11 Å². The van der Waals surface area contributed by atoms with Gasteiger partial charge in [-0.25, -0.2) is 0 Å². The molecule has 1 aliphatic carbocycles. The molecule has 0 aromatic heterocycles. The van der Waals surface area contributed by atoms with Crippen LogP contribution in [0.15, 0.2) is 42.5 Å². The zero-order chi connectivity index (χ0) is 10.2. The molecule has 0 radical (unpaired) electrons. The third-order valence-electron chi connectivity index (χ3n) is 2.95. The van der Waals surface area contributed by atoms with Crippen LogP contribution >= 0.6 is 0 Å². The Kier molecular flexibility index (Phi) is 2.20. The number of rotatable bonds is 1. The van der Waals surface area contributed by atoms with E-state index in [-0.39, 0.29) is 0 Å². The highest BCUT2D eigenvalue weighted by Gasteiger charge is 2.36. The smallest absolute Gasteiger partial charge is 0.0665 e. The summed E-state index contributed by atoms with van der Waals surface area (Å²) in [4.78, 5) is 0. The van der Waals surface area contributed by atoms with E-state index in [1.807, 2.05) is 25.1 Å². The number of hydrogen-bond donors (Lipinski definition) is 1. The average molecular weight is 188 g/mol. The van der Waals surface area contributed by atoms with E-state index in [0.29, 0.717) is 5.92 Å². The number of hydrogen-bond acceptors (Lipinski definition) is 1. The van der Waals surface area contributed by atoms with Gasteiger partial charge in [0.15, 0.2) is 0 Å². The van der Waals surface area contributed by atoms with Crippen molar-refractivity contribution in [3.8, 4) is 0 Å². The highest BCUT2D eigenvalue weighted by atomic mass is 16.3. The normalized spacial score (nSPS) is 32.1. The van der Waals surface area contributed by atoms with E-state index in [2.05, 4.69) is 18.7 Å². The molecular formula is C13H16O. The molecule has 0 saturated heterocycles. The summed E-state index contributed by atoms with van der Waals surface area (Å²) in [6.45, 7) is 5.94. The molecule has 1 heteroatoms. The van der Waals surface area contributed by atoms with Crippen LogP contribution in [0.4, 0.5) is 0 Å². The third-order valence-corrected chi connectivity index (χ3v) is 2.95. The topological polar surface area (TPSA) is 20.2 Å². The summed E-state index contributed by atoms with van der Waals surface area (Å²) in [5, 5.41) is 9.94. The van der Waals surface area contributed by atoms with Crippen molar-refractivity contribution < 1.29 is 5.11 Å². The lowest BCUT2D eigenvalue weighted by molar-refractivity contribution is 0.0689. The SMILES string of the molecule is C=C1C[C@](C)(O)C[C@@H]1c1ccccc1. The lowest BCUT2D eigenvalue weighted by Gasteiger charge is -2.15. The van der Waals surface area contributed by atoms with Crippen molar-refractivity contribution in [1.29, 1.82) is 0 Å². The maximum atomic E-state index is 9.94. The van der Waals surface area contributed by atoms with Gasteiger partial charge < -0.3 is 5.11 Å². The monoisotopic (exact) mass is 188 g/mol. The van der Waals surface area contributed by atoms with Crippen LogP contribution in [-0.4, -0.2) is 10.7 Å². The van der Waals surface area contributed by atoms with Crippen LogP contribution in [-0.2, 0) is 0 Å². The second kappa shape index (κ2) is 3.25. The maximum absolute atomic E-state index is 9.94. The van der Waals surface area contributed by atoms with Gasteiger partial charge in [-0.15, -0.1) is 0 Å². The zero-order valence-electron chi connectivity index (χ0n) is 8.53. The third kappa shape index (κ3) is 1.73. The first kappa shape index (κ1) is 9.47. The van der Waals surface area contributed by atoms with E-state index >= 15 is 0 Å². The molecule has 0 unspecified atom stereocenters. The number of aliphatic hydroxyl groups is 1. The predicted molar refractivity (Wildman–Crippen MR) is 58.2 cm³/mol. The van der Waals surface area contributed by atoms with Crippen molar-refractivity contribution in [3.63, 3.8) is 0 Å². The van der Waals surface area contributed by atoms with Gasteiger partial charge in [-0.05, 0) is 25.3 Å². The molecule has 1 aromatic carbocycles. The first-order valence-corrected chi connectivity index (χ1v) is 5.03. The van der Waals surface area contributed by atoms with Crippen LogP contribution in [0.25, 0.3) is 0 Å². The fourth-order valence-corrected chi connectivity index (χ4v) is 2.31. The first-order chi connectivity index (χ1) is 6.58. The molecule has 1 aromatic rings. The molecule has 2 atom stereocenters. The van der Waals surface area contributed by atoms with Crippen molar-refractivity contribution >= 4 is 0 Å². The lowest BCUT2D eigenvalue weighted by Crippen LogP contribution is -2.18. The number of benzene rings is 1. The molecule has 0 spiro atoms. The predicted octanol–water partition coefficient (Wildman–Crippen LogP) is 2.87. The van der Waals surface area contributed by atoms with Crippen molar-refractivity contribution in [2.24, 2.45) is 0 Å². The lowest BCUT2D eigenvalue weighted by atomic mass is 9.94. The maximum Gasteiger partial charge on any atom is 0.0665 e. The Labute approximate surface area is 85.1 Å². The molecule has 1 N–H and O–H groups in total. The van der Waals surface area contributed by atoms with E-state index in [0.717, 1.165) is 18.4 Å². The van der Waals surface area contributed by atoms with Gasteiger partial charge in [-0.2, -0.15) is 0 Å². The standard InChI is InChI=1S/C13H16O/c1-10-8-13(2,14)9-12(10)11-6-4-3-5-7-11/h3-7,12,14H,1,8-9H2,2H3/t12-,13-/m0/s1. The summed E-state index contributed by atoms with van der Waals surface area (Å²) in [6, 6.07) is 10.3. The van der Waals surface area contributed by atoms with E-state index < -0.39 is 5.60 Å². The van der Waals surface area contributed by atoms with E-state index in [4.69, 9.17) is 0 Å². The molecule has 0 heterocycles. The average Bonchev–Trinajstić information content (AvgIpc) is 2.41. The van der Waals surface area contributed by atoms with Crippen LogP contribution in [0.1, 0.15) is 31.2 Å². The molecule has 1 nitrogen and oxygen atoms in total. The molecule has 74 valence electrons. The van der Waals surface area contributed by atoms with Gasteiger partial charge in [0, 0.05) is 5.92 Å². The van der Waals surface area contributed by atoms with Crippen LogP contribution in [0.2, 0.25) is 0 Å². The summed E-state index contributed by atoms with van der Waals surface area (Å²) in [7, 11) is 0. The fourth-order valence-electron chi connectivity index (χ4n) is 2.31. The van der Waals surface area contributed by atoms with Crippen LogP contribution in [0.5, 0.6) is 0 Å².